The largest absolute Gasteiger partial charge is 0.456 e. The van der Waals surface area contributed by atoms with Gasteiger partial charge in [-0.05, 0) is 125 Å². The van der Waals surface area contributed by atoms with Crippen molar-refractivity contribution in [1.29, 1.82) is 0 Å². The highest BCUT2D eigenvalue weighted by atomic mass is 19.3. The van der Waals surface area contributed by atoms with Gasteiger partial charge in [0.1, 0.15) is 11.2 Å². The molecule has 12 heteroatoms. The maximum Gasteiger partial charge on any atom is 0.377 e. The summed E-state index contributed by atoms with van der Waals surface area (Å²) < 4.78 is 71.3. The smallest absolute Gasteiger partial charge is 0.377 e. The topological polar surface area (TPSA) is 105 Å². The first-order valence-corrected chi connectivity index (χ1v) is 17.0. The molecule has 0 amide bonds. The minimum absolute atomic E-state index is 0.344. The third kappa shape index (κ3) is 7.20. The molecule has 8 saturated carbocycles. The highest BCUT2D eigenvalue weighted by Crippen LogP contribution is 2.61. The zero-order valence-electron chi connectivity index (χ0n) is 27.3. The Hall–Kier alpha value is -2.40. The van der Waals surface area contributed by atoms with Crippen molar-refractivity contribution in [3.8, 4) is 0 Å². The first kappa shape index (κ1) is 34.9. The molecule has 260 valence electrons. The maximum absolute atomic E-state index is 12.8. The lowest BCUT2D eigenvalue weighted by molar-refractivity contribution is -0.217. The monoisotopic (exact) mass is 660 g/mol. The Bertz CT molecular complexity index is 1120. The molecule has 0 saturated heterocycles. The van der Waals surface area contributed by atoms with Gasteiger partial charge in [-0.2, -0.15) is 17.6 Å². The van der Waals surface area contributed by atoms with Crippen molar-refractivity contribution in [3.05, 3.63) is 0 Å². The van der Waals surface area contributed by atoms with Gasteiger partial charge in [0.05, 0.1) is 0 Å². The molecule has 8 rings (SSSR count). The fourth-order valence-corrected chi connectivity index (χ4v) is 10.3. The van der Waals surface area contributed by atoms with E-state index in [1.54, 1.807) is 0 Å². The molecule has 0 aromatic heterocycles. The number of halogens is 4. The standard InChI is InChI=1S/C18H26F2O4.C16H22F2O4/c1-3-4-18(24-15(21)10-23-16(22)17(2,19)20)13-6-11-5-12(8-13)9-14(18)7-11;1-15(22-13(19)8-21-14(20)16(2,17)18)11-4-9-3-10(6-11)7-12(15)5-9/h11-14H,3-10H2,1-2H3;9-12H,3-8H2,1-2H3. The van der Waals surface area contributed by atoms with Crippen LogP contribution in [-0.2, 0) is 38.1 Å². The Morgan fingerprint density at radius 2 is 0.957 bits per heavy atom. The van der Waals surface area contributed by atoms with Gasteiger partial charge in [-0.3, -0.25) is 0 Å². The first-order valence-electron chi connectivity index (χ1n) is 17.0. The van der Waals surface area contributed by atoms with Crippen molar-refractivity contribution in [2.45, 2.75) is 128 Å². The van der Waals surface area contributed by atoms with Crippen LogP contribution in [0.1, 0.15) is 105 Å². The maximum atomic E-state index is 12.8. The van der Waals surface area contributed by atoms with E-state index >= 15 is 0 Å². The van der Waals surface area contributed by atoms with Gasteiger partial charge in [-0.15, -0.1) is 0 Å². The zero-order chi connectivity index (χ0) is 33.7. The van der Waals surface area contributed by atoms with Gasteiger partial charge < -0.3 is 18.9 Å². The SMILES string of the molecule is CC(F)(F)C(=O)OCC(=O)OC1(C)C2CC3CC(C2)CC1C3.CCCC1(OC(=O)COC(=O)C(C)(F)F)C2CC3CC(C2)CC1C3. The molecule has 0 aromatic rings. The van der Waals surface area contributed by atoms with Crippen LogP contribution in [0.4, 0.5) is 17.6 Å². The Labute approximate surface area is 268 Å². The lowest BCUT2D eigenvalue weighted by Crippen LogP contribution is -2.59. The van der Waals surface area contributed by atoms with E-state index in [0.29, 0.717) is 37.5 Å². The molecule has 8 nitrogen and oxygen atoms in total. The molecule has 0 spiro atoms. The molecule has 0 radical (unpaired) electrons. The van der Waals surface area contributed by atoms with E-state index in [2.05, 4.69) is 16.4 Å². The molecule has 46 heavy (non-hydrogen) atoms. The Kier molecular flexibility index (Phi) is 9.79. The Balaban J connectivity index is 0.000000182. The minimum Gasteiger partial charge on any atom is -0.456 e. The minimum atomic E-state index is -3.59. The van der Waals surface area contributed by atoms with E-state index < -0.39 is 60.1 Å². The van der Waals surface area contributed by atoms with Crippen LogP contribution >= 0.6 is 0 Å². The Morgan fingerprint density at radius 3 is 1.30 bits per heavy atom. The summed E-state index contributed by atoms with van der Waals surface area (Å²) >= 11 is 0. The van der Waals surface area contributed by atoms with Crippen LogP contribution in [0.5, 0.6) is 0 Å². The summed E-state index contributed by atoms with van der Waals surface area (Å²) in [6, 6.07) is 0. The third-order valence-corrected chi connectivity index (χ3v) is 11.9. The number of esters is 4. The van der Waals surface area contributed by atoms with Crippen LogP contribution < -0.4 is 0 Å². The van der Waals surface area contributed by atoms with Gasteiger partial charge in [-0.1, -0.05) is 13.3 Å². The highest BCUT2D eigenvalue weighted by molar-refractivity contribution is 5.81. The lowest BCUT2D eigenvalue weighted by atomic mass is 9.49. The Morgan fingerprint density at radius 1 is 0.609 bits per heavy atom. The van der Waals surface area contributed by atoms with Gasteiger partial charge in [0.25, 0.3) is 0 Å². The van der Waals surface area contributed by atoms with E-state index in [9.17, 15) is 36.7 Å². The van der Waals surface area contributed by atoms with Gasteiger partial charge >= 0.3 is 35.7 Å². The van der Waals surface area contributed by atoms with Crippen molar-refractivity contribution in [2.75, 3.05) is 13.2 Å². The van der Waals surface area contributed by atoms with Gasteiger partial charge in [0, 0.05) is 13.8 Å². The number of ether oxygens (including phenoxy) is 4. The van der Waals surface area contributed by atoms with Crippen LogP contribution in [0.25, 0.3) is 0 Å². The van der Waals surface area contributed by atoms with E-state index in [1.165, 1.54) is 12.8 Å². The van der Waals surface area contributed by atoms with E-state index in [-0.39, 0.29) is 0 Å². The average molecular weight is 661 g/mol. The first-order chi connectivity index (χ1) is 21.4. The second-order valence-corrected chi connectivity index (χ2v) is 15.4. The number of hydrogen-bond acceptors (Lipinski definition) is 8. The number of carbonyl (C=O) groups is 4. The summed E-state index contributed by atoms with van der Waals surface area (Å²) in [5.74, 6) is -7.61. The quantitative estimate of drug-likeness (QED) is 0.146. The van der Waals surface area contributed by atoms with Gasteiger partial charge in [0.2, 0.25) is 0 Å². The van der Waals surface area contributed by atoms with Crippen molar-refractivity contribution < 1.29 is 55.7 Å². The number of hydrogen-bond donors (Lipinski definition) is 0. The molecule has 0 unspecified atom stereocenters. The number of alkyl halides is 4. The molecule has 8 bridgehead atoms. The second-order valence-electron chi connectivity index (χ2n) is 15.4. The summed E-state index contributed by atoms with van der Waals surface area (Å²) in [5, 5.41) is 0. The number of rotatable bonds is 10. The third-order valence-electron chi connectivity index (χ3n) is 11.9. The molecular formula is C34H48F4O8. The van der Waals surface area contributed by atoms with Gasteiger partial charge in [0.15, 0.2) is 13.2 Å². The van der Waals surface area contributed by atoms with Crippen LogP contribution in [0.3, 0.4) is 0 Å². The second kappa shape index (κ2) is 12.9. The summed E-state index contributed by atoms with van der Waals surface area (Å²) in [6.45, 7) is 3.44. The summed E-state index contributed by atoms with van der Waals surface area (Å²) in [7, 11) is 0. The van der Waals surface area contributed by atoms with E-state index in [0.717, 1.165) is 87.9 Å². The van der Waals surface area contributed by atoms with E-state index in [4.69, 9.17) is 9.47 Å². The summed E-state index contributed by atoms with van der Waals surface area (Å²) in [5.41, 5.74) is -1.02. The summed E-state index contributed by atoms with van der Waals surface area (Å²) in [6.07, 6.45) is 12.9. The van der Waals surface area contributed by atoms with Crippen LogP contribution in [0, 0.1) is 47.3 Å². The normalized spacial score (nSPS) is 38.4. The molecule has 8 aliphatic rings. The zero-order valence-corrected chi connectivity index (χ0v) is 27.3. The van der Waals surface area contributed by atoms with Crippen molar-refractivity contribution >= 4 is 23.9 Å². The highest BCUT2D eigenvalue weighted by Gasteiger charge is 2.59. The lowest BCUT2D eigenvalue weighted by Gasteiger charge is -2.60. The average Bonchev–Trinajstić information content (AvgIpc) is 2.95. The van der Waals surface area contributed by atoms with Gasteiger partial charge in [-0.25, -0.2) is 19.2 Å². The molecule has 0 aliphatic heterocycles. The van der Waals surface area contributed by atoms with E-state index in [1.807, 2.05) is 6.92 Å². The van der Waals surface area contributed by atoms with Crippen LogP contribution in [-0.4, -0.2) is 60.1 Å². The van der Waals surface area contributed by atoms with Crippen molar-refractivity contribution in [1.82, 2.24) is 0 Å². The molecule has 8 aliphatic carbocycles. The van der Waals surface area contributed by atoms with Crippen molar-refractivity contribution in [3.63, 3.8) is 0 Å². The molecule has 0 atom stereocenters. The summed E-state index contributed by atoms with van der Waals surface area (Å²) in [4.78, 5) is 46.3. The van der Waals surface area contributed by atoms with Crippen LogP contribution in [0.15, 0.2) is 0 Å². The molecular weight excluding hydrogens is 612 g/mol. The fourth-order valence-electron chi connectivity index (χ4n) is 10.3. The molecule has 0 heterocycles. The van der Waals surface area contributed by atoms with Crippen LogP contribution in [0.2, 0.25) is 0 Å². The predicted molar refractivity (Wildman–Crippen MR) is 155 cm³/mol. The molecule has 0 aromatic carbocycles. The predicted octanol–water partition coefficient (Wildman–Crippen LogP) is 6.67. The molecule has 8 fully saturated rings. The fraction of sp³-hybridized carbons (Fsp3) is 0.882. The molecule has 0 N–H and O–H groups in total. The number of carbonyl (C=O) groups excluding carboxylic acids is 4. The van der Waals surface area contributed by atoms with Crippen molar-refractivity contribution in [2.24, 2.45) is 47.3 Å².